The maximum Gasteiger partial charge on any atom is 0.0711 e. The van der Waals surface area contributed by atoms with Gasteiger partial charge in [-0.1, -0.05) is 76.7 Å². The molecule has 0 spiro atoms. The Hall–Kier alpha value is -0.160. The van der Waals surface area contributed by atoms with Gasteiger partial charge in [-0.25, -0.2) is 0 Å². The second-order valence-electron chi connectivity index (χ2n) is 7.17. The summed E-state index contributed by atoms with van der Waals surface area (Å²) in [4.78, 5) is 2.75. The molecule has 0 unspecified atom stereocenters. The van der Waals surface area contributed by atoms with Crippen molar-refractivity contribution in [2.75, 3.05) is 0 Å². The Morgan fingerprint density at radius 3 is 1.50 bits per heavy atom. The van der Waals surface area contributed by atoms with Crippen molar-refractivity contribution in [3.05, 3.63) is 43.0 Å². The summed E-state index contributed by atoms with van der Waals surface area (Å²) in [7, 11) is 0. The SMILES string of the molecule is CCCCCCC=Cc1cc(Br)sc1-c1sc(Br)cc1C=CCCCCCC. The molecule has 0 saturated heterocycles. The molecule has 154 valence electrons. The molecular weight excluding hydrogens is 512 g/mol. The minimum absolute atomic E-state index is 1.17. The lowest BCUT2D eigenvalue weighted by Gasteiger charge is -2.00. The van der Waals surface area contributed by atoms with E-state index in [-0.39, 0.29) is 0 Å². The summed E-state index contributed by atoms with van der Waals surface area (Å²) in [6, 6.07) is 4.52. The van der Waals surface area contributed by atoms with Crippen molar-refractivity contribution in [3.63, 3.8) is 0 Å². The maximum absolute atomic E-state index is 3.70. The fourth-order valence-corrected chi connectivity index (χ4v) is 6.54. The van der Waals surface area contributed by atoms with Crippen LogP contribution >= 0.6 is 54.5 Å². The van der Waals surface area contributed by atoms with Crippen molar-refractivity contribution in [1.29, 1.82) is 0 Å². The standard InChI is InChI=1S/C24H32Br2S2/c1-3-5-7-9-11-13-15-19-17-21(25)27-23(19)24-20(18-22(26)28-24)16-14-12-10-8-6-4-2/h13-18H,3-12H2,1-2H3. The van der Waals surface area contributed by atoms with Crippen molar-refractivity contribution in [3.8, 4) is 9.75 Å². The number of allylic oxidation sites excluding steroid dienone is 2. The summed E-state index contributed by atoms with van der Waals surface area (Å²) in [6.07, 6.45) is 22.2. The summed E-state index contributed by atoms with van der Waals surface area (Å²) < 4.78 is 2.40. The fourth-order valence-electron chi connectivity index (χ4n) is 3.15. The molecule has 28 heavy (non-hydrogen) atoms. The number of thiophene rings is 2. The van der Waals surface area contributed by atoms with Crippen molar-refractivity contribution >= 4 is 66.7 Å². The van der Waals surface area contributed by atoms with Crippen LogP contribution in [0.5, 0.6) is 0 Å². The number of unbranched alkanes of at least 4 members (excludes halogenated alkanes) is 8. The summed E-state index contributed by atoms with van der Waals surface area (Å²) >= 11 is 11.1. The molecule has 0 bridgehead atoms. The molecule has 0 amide bonds. The van der Waals surface area contributed by atoms with Gasteiger partial charge in [-0.3, -0.25) is 0 Å². The molecule has 0 saturated carbocycles. The number of rotatable bonds is 13. The summed E-state index contributed by atoms with van der Waals surface area (Å²) in [5, 5.41) is 0. The molecule has 0 aliphatic heterocycles. The second kappa shape index (κ2) is 14.0. The Kier molecular flexibility index (Phi) is 12.0. The summed E-state index contributed by atoms with van der Waals surface area (Å²) in [5.41, 5.74) is 2.67. The molecule has 4 heteroatoms. The first-order valence-electron chi connectivity index (χ1n) is 10.6. The summed E-state index contributed by atoms with van der Waals surface area (Å²) in [5.74, 6) is 0. The highest BCUT2D eigenvalue weighted by atomic mass is 79.9. The van der Waals surface area contributed by atoms with Crippen LogP contribution in [0.3, 0.4) is 0 Å². The minimum Gasteiger partial charge on any atom is -0.127 e. The van der Waals surface area contributed by atoms with Crippen LogP contribution in [-0.2, 0) is 0 Å². The van der Waals surface area contributed by atoms with Crippen LogP contribution in [0.4, 0.5) is 0 Å². The smallest absolute Gasteiger partial charge is 0.0711 e. The van der Waals surface area contributed by atoms with Gasteiger partial charge in [0.1, 0.15) is 0 Å². The van der Waals surface area contributed by atoms with Crippen molar-refractivity contribution in [2.24, 2.45) is 0 Å². The van der Waals surface area contributed by atoms with Crippen molar-refractivity contribution in [1.82, 2.24) is 0 Å². The molecule has 2 aromatic heterocycles. The third-order valence-electron chi connectivity index (χ3n) is 4.71. The zero-order valence-electron chi connectivity index (χ0n) is 17.1. The molecule has 0 aliphatic rings. The van der Waals surface area contributed by atoms with Gasteiger partial charge < -0.3 is 0 Å². The molecule has 0 nitrogen and oxygen atoms in total. The monoisotopic (exact) mass is 542 g/mol. The first kappa shape index (κ1) is 24.1. The van der Waals surface area contributed by atoms with Gasteiger partial charge in [0.05, 0.1) is 17.3 Å². The van der Waals surface area contributed by atoms with Gasteiger partial charge in [0.2, 0.25) is 0 Å². The second-order valence-corrected chi connectivity index (χ2v) is 12.0. The predicted molar refractivity (Wildman–Crippen MR) is 139 cm³/mol. The van der Waals surface area contributed by atoms with Crippen LogP contribution in [0.2, 0.25) is 0 Å². The quantitative estimate of drug-likeness (QED) is 0.220. The molecule has 0 radical (unpaired) electrons. The van der Waals surface area contributed by atoms with Crippen LogP contribution in [0.15, 0.2) is 31.9 Å². The van der Waals surface area contributed by atoms with E-state index in [9.17, 15) is 0 Å². The van der Waals surface area contributed by atoms with E-state index in [0.29, 0.717) is 0 Å². The zero-order chi connectivity index (χ0) is 20.2. The topological polar surface area (TPSA) is 0 Å². The first-order valence-corrected chi connectivity index (χ1v) is 13.8. The fraction of sp³-hybridized carbons (Fsp3) is 0.500. The average Bonchev–Trinajstić information content (AvgIpc) is 3.22. The van der Waals surface area contributed by atoms with Crippen LogP contribution in [0.1, 0.15) is 89.2 Å². The lowest BCUT2D eigenvalue weighted by Crippen LogP contribution is -1.77. The lowest BCUT2D eigenvalue weighted by molar-refractivity contribution is 0.675. The maximum atomic E-state index is 3.70. The van der Waals surface area contributed by atoms with Gasteiger partial charge in [0.15, 0.2) is 0 Å². The van der Waals surface area contributed by atoms with Gasteiger partial charge >= 0.3 is 0 Å². The normalized spacial score (nSPS) is 12.0. The molecule has 0 fully saturated rings. The van der Waals surface area contributed by atoms with Gasteiger partial charge in [-0.2, -0.15) is 0 Å². The van der Waals surface area contributed by atoms with E-state index in [1.54, 1.807) is 0 Å². The average molecular weight is 544 g/mol. The molecule has 2 heterocycles. The van der Waals surface area contributed by atoms with Gasteiger partial charge in [-0.15, -0.1) is 22.7 Å². The molecule has 2 aromatic rings. The molecule has 0 N–H and O–H groups in total. The van der Waals surface area contributed by atoms with Crippen LogP contribution in [-0.4, -0.2) is 0 Å². The van der Waals surface area contributed by atoms with E-state index >= 15 is 0 Å². The highest BCUT2D eigenvalue weighted by molar-refractivity contribution is 9.11. The van der Waals surface area contributed by atoms with E-state index in [0.717, 1.165) is 0 Å². The van der Waals surface area contributed by atoms with Crippen LogP contribution < -0.4 is 0 Å². The molecule has 0 aromatic carbocycles. The third-order valence-corrected chi connectivity index (χ3v) is 8.18. The van der Waals surface area contributed by atoms with Crippen LogP contribution in [0, 0.1) is 0 Å². The highest BCUT2D eigenvalue weighted by Gasteiger charge is 2.14. The largest absolute Gasteiger partial charge is 0.127 e. The van der Waals surface area contributed by atoms with E-state index in [1.807, 2.05) is 22.7 Å². The number of halogens is 2. The Bertz CT molecular complexity index is 688. The molecule has 0 aliphatic carbocycles. The van der Waals surface area contributed by atoms with Gasteiger partial charge in [0, 0.05) is 0 Å². The van der Waals surface area contributed by atoms with E-state index in [4.69, 9.17) is 0 Å². The van der Waals surface area contributed by atoms with Crippen molar-refractivity contribution in [2.45, 2.75) is 78.1 Å². The lowest BCUT2D eigenvalue weighted by atomic mass is 10.1. The van der Waals surface area contributed by atoms with Gasteiger partial charge in [0.25, 0.3) is 0 Å². The predicted octanol–water partition coefficient (Wildman–Crippen LogP) is 11.0. The van der Waals surface area contributed by atoms with Gasteiger partial charge in [-0.05, 0) is 80.8 Å². The Labute approximate surface area is 196 Å². The molecule has 2 rings (SSSR count). The minimum atomic E-state index is 1.17. The summed E-state index contributed by atoms with van der Waals surface area (Å²) in [6.45, 7) is 4.53. The third kappa shape index (κ3) is 8.30. The highest BCUT2D eigenvalue weighted by Crippen LogP contribution is 2.44. The van der Waals surface area contributed by atoms with Crippen LogP contribution in [0.25, 0.3) is 21.9 Å². The Morgan fingerprint density at radius 2 is 1.11 bits per heavy atom. The van der Waals surface area contributed by atoms with Crippen molar-refractivity contribution < 1.29 is 0 Å². The van der Waals surface area contributed by atoms with E-state index < -0.39 is 0 Å². The molecule has 0 atom stereocenters. The zero-order valence-corrected chi connectivity index (χ0v) is 21.9. The Morgan fingerprint density at radius 1 is 0.679 bits per heavy atom. The number of hydrogen-bond acceptors (Lipinski definition) is 2. The number of hydrogen-bond donors (Lipinski definition) is 0. The Balaban J connectivity index is 2.08. The molecular formula is C24H32Br2S2. The van der Waals surface area contributed by atoms with E-state index in [1.165, 1.54) is 92.7 Å². The van der Waals surface area contributed by atoms with E-state index in [2.05, 4.69) is 82.1 Å². The first-order chi connectivity index (χ1) is 13.7.